The predicted octanol–water partition coefficient (Wildman–Crippen LogP) is 2.82. The molecule has 0 spiro atoms. The smallest absolute Gasteiger partial charge is 0.271 e. The average molecular weight is 323 g/mol. The molecule has 0 fully saturated rings. The first-order chi connectivity index (χ1) is 11.5. The summed E-state index contributed by atoms with van der Waals surface area (Å²) in [5.74, 6) is -0.350. The van der Waals surface area contributed by atoms with Gasteiger partial charge in [0.15, 0.2) is 0 Å². The number of carbonyl (C=O) groups excluding carboxylic acids is 2. The van der Waals surface area contributed by atoms with Crippen LogP contribution < -0.4 is 10.3 Å². The van der Waals surface area contributed by atoms with Crippen molar-refractivity contribution in [2.75, 3.05) is 10.3 Å². The van der Waals surface area contributed by atoms with Gasteiger partial charge in [-0.2, -0.15) is 5.10 Å². The van der Waals surface area contributed by atoms with Crippen molar-refractivity contribution in [1.82, 2.24) is 0 Å². The highest BCUT2D eigenvalue weighted by Crippen LogP contribution is 2.22. The van der Waals surface area contributed by atoms with Crippen LogP contribution in [0.4, 0.5) is 11.4 Å². The van der Waals surface area contributed by atoms with Gasteiger partial charge in [0.05, 0.1) is 5.69 Å². The normalized spacial score (nSPS) is 14.3. The molecule has 2 N–H and O–H groups in total. The average Bonchev–Trinajstić information content (AvgIpc) is 2.58. The van der Waals surface area contributed by atoms with Crippen molar-refractivity contribution in [3.63, 3.8) is 0 Å². The maximum atomic E-state index is 12.4. The quantitative estimate of drug-likeness (QED) is 0.852. The van der Waals surface area contributed by atoms with Crippen LogP contribution in [0.25, 0.3) is 0 Å². The number of para-hydroxylation sites is 1. The van der Waals surface area contributed by atoms with Gasteiger partial charge in [0.2, 0.25) is 5.91 Å². The molecule has 1 aliphatic rings. The third-order valence-electron chi connectivity index (χ3n) is 3.75. The van der Waals surface area contributed by atoms with Gasteiger partial charge in [0.25, 0.3) is 5.91 Å². The summed E-state index contributed by atoms with van der Waals surface area (Å²) in [6, 6.07) is 13.7. The Hall–Kier alpha value is -3.15. The van der Waals surface area contributed by atoms with E-state index in [0.29, 0.717) is 23.5 Å². The largest absolute Gasteiger partial charge is 0.508 e. The number of amides is 2. The fraction of sp³-hybridized carbons (Fsp3) is 0.167. The van der Waals surface area contributed by atoms with Gasteiger partial charge in [-0.3, -0.25) is 9.59 Å². The van der Waals surface area contributed by atoms with E-state index in [1.807, 2.05) is 18.2 Å². The molecule has 3 rings (SSSR count). The standard InChI is InChI=1S/C18H17N3O3/c1-12-11-14(22)7-8-15(12)19-18(24)16-9-10-17(23)21(20-16)13-5-3-2-4-6-13/h2-8,11,22H,9-10H2,1H3,(H,19,24). The lowest BCUT2D eigenvalue weighted by Crippen LogP contribution is -2.36. The molecule has 6 nitrogen and oxygen atoms in total. The number of phenolic OH excluding ortho intramolecular Hbond substituents is 1. The molecule has 2 aromatic carbocycles. The Morgan fingerprint density at radius 1 is 1.17 bits per heavy atom. The summed E-state index contributed by atoms with van der Waals surface area (Å²) in [6.07, 6.45) is 0.529. The van der Waals surface area contributed by atoms with Crippen LogP contribution in [0, 0.1) is 6.92 Å². The van der Waals surface area contributed by atoms with E-state index in [9.17, 15) is 14.7 Å². The lowest BCUT2D eigenvalue weighted by molar-refractivity contribution is -0.118. The van der Waals surface area contributed by atoms with Gasteiger partial charge in [-0.05, 0) is 42.8 Å². The van der Waals surface area contributed by atoms with E-state index in [-0.39, 0.29) is 24.0 Å². The Morgan fingerprint density at radius 2 is 1.92 bits per heavy atom. The minimum absolute atomic E-state index is 0.140. The van der Waals surface area contributed by atoms with Gasteiger partial charge in [0.1, 0.15) is 11.5 Å². The van der Waals surface area contributed by atoms with Crippen LogP contribution in [0.15, 0.2) is 53.6 Å². The highest BCUT2D eigenvalue weighted by Gasteiger charge is 2.25. The molecular weight excluding hydrogens is 306 g/mol. The summed E-state index contributed by atoms with van der Waals surface area (Å²) in [5, 5.41) is 17.7. The summed E-state index contributed by atoms with van der Waals surface area (Å²) in [6.45, 7) is 1.79. The van der Waals surface area contributed by atoms with Crippen molar-refractivity contribution in [2.45, 2.75) is 19.8 Å². The maximum Gasteiger partial charge on any atom is 0.271 e. The molecule has 2 amide bonds. The van der Waals surface area contributed by atoms with Crippen LogP contribution in [0.1, 0.15) is 18.4 Å². The van der Waals surface area contributed by atoms with Gasteiger partial charge in [-0.25, -0.2) is 5.01 Å². The van der Waals surface area contributed by atoms with Gasteiger partial charge in [0, 0.05) is 18.5 Å². The van der Waals surface area contributed by atoms with E-state index in [1.54, 1.807) is 31.2 Å². The molecule has 122 valence electrons. The van der Waals surface area contributed by atoms with E-state index >= 15 is 0 Å². The zero-order valence-corrected chi connectivity index (χ0v) is 13.2. The molecule has 24 heavy (non-hydrogen) atoms. The number of phenols is 1. The first-order valence-electron chi connectivity index (χ1n) is 7.61. The SMILES string of the molecule is Cc1cc(O)ccc1NC(=O)C1=NN(c2ccccc2)C(=O)CC1. The maximum absolute atomic E-state index is 12.4. The highest BCUT2D eigenvalue weighted by molar-refractivity contribution is 6.44. The van der Waals surface area contributed by atoms with Crippen molar-refractivity contribution >= 4 is 28.9 Å². The van der Waals surface area contributed by atoms with Crippen LogP contribution in [0.2, 0.25) is 0 Å². The second kappa shape index (κ2) is 6.54. The van der Waals surface area contributed by atoms with E-state index in [2.05, 4.69) is 10.4 Å². The Kier molecular flexibility index (Phi) is 4.29. The molecular formula is C18H17N3O3. The van der Waals surface area contributed by atoms with Gasteiger partial charge >= 0.3 is 0 Å². The number of aryl methyl sites for hydroxylation is 1. The summed E-state index contributed by atoms with van der Waals surface area (Å²) >= 11 is 0. The number of hydrogen-bond acceptors (Lipinski definition) is 4. The fourth-order valence-corrected chi connectivity index (χ4v) is 2.47. The van der Waals surface area contributed by atoms with E-state index < -0.39 is 0 Å². The van der Waals surface area contributed by atoms with E-state index in [1.165, 1.54) is 11.1 Å². The van der Waals surface area contributed by atoms with Crippen LogP contribution in [0.5, 0.6) is 5.75 Å². The minimum Gasteiger partial charge on any atom is -0.508 e. The summed E-state index contributed by atoms with van der Waals surface area (Å²) in [7, 11) is 0. The first kappa shape index (κ1) is 15.7. The number of rotatable bonds is 3. The lowest BCUT2D eigenvalue weighted by atomic mass is 10.1. The summed E-state index contributed by atoms with van der Waals surface area (Å²) in [4.78, 5) is 24.5. The van der Waals surface area contributed by atoms with Gasteiger partial charge < -0.3 is 10.4 Å². The lowest BCUT2D eigenvalue weighted by Gasteiger charge is -2.23. The number of carbonyl (C=O) groups is 2. The molecule has 0 aliphatic carbocycles. The molecule has 0 saturated heterocycles. The Balaban J connectivity index is 1.82. The van der Waals surface area contributed by atoms with Crippen molar-refractivity contribution in [3.8, 4) is 5.75 Å². The van der Waals surface area contributed by atoms with Crippen molar-refractivity contribution in [2.24, 2.45) is 5.10 Å². The van der Waals surface area contributed by atoms with E-state index in [4.69, 9.17) is 0 Å². The van der Waals surface area contributed by atoms with Crippen molar-refractivity contribution in [1.29, 1.82) is 0 Å². The molecule has 1 aliphatic heterocycles. The molecule has 1 heterocycles. The molecule has 0 aromatic heterocycles. The van der Waals surface area contributed by atoms with Crippen molar-refractivity contribution < 1.29 is 14.7 Å². The number of hydrazone groups is 1. The third-order valence-corrected chi connectivity index (χ3v) is 3.75. The van der Waals surface area contributed by atoms with Crippen LogP contribution in [-0.4, -0.2) is 22.6 Å². The Labute approximate surface area is 139 Å². The second-order valence-electron chi connectivity index (χ2n) is 5.54. The molecule has 2 aromatic rings. The Morgan fingerprint density at radius 3 is 2.62 bits per heavy atom. The number of benzene rings is 2. The van der Waals surface area contributed by atoms with Gasteiger partial charge in [-0.1, -0.05) is 18.2 Å². The molecule has 0 radical (unpaired) electrons. The number of hydrogen-bond donors (Lipinski definition) is 2. The molecule has 0 atom stereocenters. The second-order valence-corrected chi connectivity index (χ2v) is 5.54. The molecule has 0 saturated carbocycles. The number of anilines is 2. The zero-order chi connectivity index (χ0) is 17.1. The van der Waals surface area contributed by atoms with Crippen LogP contribution >= 0.6 is 0 Å². The van der Waals surface area contributed by atoms with E-state index in [0.717, 1.165) is 5.56 Å². The third kappa shape index (κ3) is 3.27. The van der Waals surface area contributed by atoms with Crippen LogP contribution in [-0.2, 0) is 9.59 Å². The predicted molar refractivity (Wildman–Crippen MR) is 92.1 cm³/mol. The van der Waals surface area contributed by atoms with Crippen molar-refractivity contribution in [3.05, 3.63) is 54.1 Å². The zero-order valence-electron chi connectivity index (χ0n) is 13.2. The first-order valence-corrected chi connectivity index (χ1v) is 7.61. The summed E-state index contributed by atoms with van der Waals surface area (Å²) in [5.41, 5.74) is 2.28. The number of aromatic hydroxyl groups is 1. The monoisotopic (exact) mass is 323 g/mol. The minimum atomic E-state index is -0.350. The topological polar surface area (TPSA) is 82.0 Å². The Bertz CT molecular complexity index is 816. The number of nitrogens with one attached hydrogen (secondary N) is 1. The molecule has 0 bridgehead atoms. The fourth-order valence-electron chi connectivity index (χ4n) is 2.47. The molecule has 0 unspecified atom stereocenters. The highest BCUT2D eigenvalue weighted by atomic mass is 16.3. The number of nitrogens with zero attached hydrogens (tertiary/aromatic N) is 2. The summed E-state index contributed by atoms with van der Waals surface area (Å²) < 4.78 is 0. The molecule has 6 heteroatoms. The van der Waals surface area contributed by atoms with Crippen LogP contribution in [0.3, 0.4) is 0 Å². The van der Waals surface area contributed by atoms with Gasteiger partial charge in [-0.15, -0.1) is 0 Å².